The number of hydrogen-bond acceptors (Lipinski definition) is 3. The molecule has 0 saturated carbocycles. The summed E-state index contributed by atoms with van der Waals surface area (Å²) in [4.78, 5) is 0. The van der Waals surface area contributed by atoms with Gasteiger partial charge in [-0.25, -0.2) is 0 Å². The summed E-state index contributed by atoms with van der Waals surface area (Å²) in [6.45, 7) is 6.92. The Kier molecular flexibility index (Phi) is 1.72. The molecule has 1 N–H and O–H groups in total. The van der Waals surface area contributed by atoms with Crippen LogP contribution in [0.4, 0.5) is 0 Å². The van der Waals surface area contributed by atoms with E-state index in [0.29, 0.717) is 23.4 Å². The van der Waals surface area contributed by atoms with Crippen LogP contribution >= 0.6 is 0 Å². The zero-order valence-corrected chi connectivity index (χ0v) is 9.49. The van der Waals surface area contributed by atoms with E-state index in [1.54, 1.807) is 0 Å². The largest absolute Gasteiger partial charge is 0.309 e. The van der Waals surface area contributed by atoms with Crippen molar-refractivity contribution < 1.29 is 0 Å². The van der Waals surface area contributed by atoms with Gasteiger partial charge >= 0.3 is 0 Å². The molecule has 0 aromatic carbocycles. The Morgan fingerprint density at radius 1 is 1.40 bits per heavy atom. The van der Waals surface area contributed by atoms with Gasteiger partial charge in [0, 0.05) is 17.5 Å². The van der Waals surface area contributed by atoms with Crippen LogP contribution < -0.4 is 5.32 Å². The van der Waals surface area contributed by atoms with Crippen molar-refractivity contribution in [2.24, 2.45) is 5.92 Å². The number of rotatable bonds is 1. The average molecular weight is 203 g/mol. The van der Waals surface area contributed by atoms with Crippen molar-refractivity contribution in [2.75, 3.05) is 0 Å². The number of fused-ring (bicyclic) bond motifs is 3. The number of aromatic nitrogens is 2. The minimum Gasteiger partial charge on any atom is -0.309 e. The SMILES string of the molecule is CC(C)C12c3cnncc3CC1NC2C. The monoisotopic (exact) mass is 203 g/mol. The second-order valence-electron chi connectivity index (χ2n) is 5.16. The van der Waals surface area contributed by atoms with Crippen LogP contribution in [0.1, 0.15) is 31.9 Å². The highest BCUT2D eigenvalue weighted by molar-refractivity contribution is 5.45. The maximum absolute atomic E-state index is 4.06. The van der Waals surface area contributed by atoms with Crippen molar-refractivity contribution in [2.45, 2.75) is 44.7 Å². The van der Waals surface area contributed by atoms with Crippen LogP contribution in [0, 0.1) is 5.92 Å². The Balaban J connectivity index is 2.17. The highest BCUT2D eigenvalue weighted by atomic mass is 15.1. The lowest BCUT2D eigenvalue weighted by atomic mass is 9.60. The van der Waals surface area contributed by atoms with Crippen LogP contribution in [0.15, 0.2) is 12.4 Å². The lowest BCUT2D eigenvalue weighted by Crippen LogP contribution is -2.71. The molecule has 3 unspecified atom stereocenters. The van der Waals surface area contributed by atoms with Gasteiger partial charge in [-0.1, -0.05) is 13.8 Å². The summed E-state index contributed by atoms with van der Waals surface area (Å²) in [7, 11) is 0. The highest BCUT2D eigenvalue weighted by Crippen LogP contribution is 2.51. The van der Waals surface area contributed by atoms with E-state index in [9.17, 15) is 0 Å². The van der Waals surface area contributed by atoms with Gasteiger partial charge in [0.05, 0.1) is 12.4 Å². The van der Waals surface area contributed by atoms with Gasteiger partial charge in [0.2, 0.25) is 0 Å². The molecular formula is C12H17N3. The van der Waals surface area contributed by atoms with Gasteiger partial charge in [-0.15, -0.1) is 0 Å². The third kappa shape index (κ3) is 0.899. The Hall–Kier alpha value is -0.960. The third-order valence-electron chi connectivity index (χ3n) is 4.40. The Morgan fingerprint density at radius 2 is 2.13 bits per heavy atom. The Morgan fingerprint density at radius 3 is 2.80 bits per heavy atom. The summed E-state index contributed by atoms with van der Waals surface area (Å²) < 4.78 is 0. The first-order valence-electron chi connectivity index (χ1n) is 5.73. The van der Waals surface area contributed by atoms with Gasteiger partial charge in [0.25, 0.3) is 0 Å². The molecule has 80 valence electrons. The van der Waals surface area contributed by atoms with Crippen LogP contribution in [0.2, 0.25) is 0 Å². The van der Waals surface area contributed by atoms with Crippen LogP contribution in [-0.2, 0) is 11.8 Å². The fraction of sp³-hybridized carbons (Fsp3) is 0.667. The number of nitrogens with one attached hydrogen (secondary N) is 1. The van der Waals surface area contributed by atoms with E-state index >= 15 is 0 Å². The third-order valence-corrected chi connectivity index (χ3v) is 4.40. The molecule has 0 spiro atoms. The summed E-state index contributed by atoms with van der Waals surface area (Å²) >= 11 is 0. The van der Waals surface area contributed by atoms with E-state index in [-0.39, 0.29) is 0 Å². The highest BCUT2D eigenvalue weighted by Gasteiger charge is 2.59. The molecule has 3 heteroatoms. The number of hydrogen-bond donors (Lipinski definition) is 1. The molecule has 1 aliphatic carbocycles. The van der Waals surface area contributed by atoms with E-state index < -0.39 is 0 Å². The summed E-state index contributed by atoms with van der Waals surface area (Å²) in [5.74, 6) is 0.657. The molecule has 0 radical (unpaired) electrons. The van der Waals surface area contributed by atoms with Gasteiger partial charge in [0.1, 0.15) is 0 Å². The molecular weight excluding hydrogens is 186 g/mol. The van der Waals surface area contributed by atoms with Crippen LogP contribution in [0.5, 0.6) is 0 Å². The van der Waals surface area contributed by atoms with E-state index in [0.717, 1.165) is 6.42 Å². The molecule has 2 heterocycles. The molecule has 0 bridgehead atoms. The van der Waals surface area contributed by atoms with E-state index in [1.807, 2.05) is 12.4 Å². The van der Waals surface area contributed by atoms with E-state index in [4.69, 9.17) is 0 Å². The predicted octanol–water partition coefficient (Wildman–Crippen LogP) is 1.29. The molecule has 15 heavy (non-hydrogen) atoms. The second kappa shape index (κ2) is 2.79. The van der Waals surface area contributed by atoms with Crippen molar-refractivity contribution in [3.8, 4) is 0 Å². The zero-order valence-electron chi connectivity index (χ0n) is 9.49. The normalized spacial score (nSPS) is 37.3. The lowest BCUT2D eigenvalue weighted by molar-refractivity contribution is 0.0723. The van der Waals surface area contributed by atoms with Gasteiger partial charge < -0.3 is 5.32 Å². The minimum absolute atomic E-state index is 0.311. The second-order valence-corrected chi connectivity index (χ2v) is 5.16. The van der Waals surface area contributed by atoms with Crippen LogP contribution in [-0.4, -0.2) is 22.3 Å². The van der Waals surface area contributed by atoms with Crippen molar-refractivity contribution in [1.29, 1.82) is 0 Å². The summed E-state index contributed by atoms with van der Waals surface area (Å²) in [6, 6.07) is 1.17. The number of nitrogens with zero attached hydrogens (tertiary/aromatic N) is 2. The Bertz CT molecular complexity index is 395. The van der Waals surface area contributed by atoms with Crippen molar-refractivity contribution in [3.05, 3.63) is 23.5 Å². The summed E-state index contributed by atoms with van der Waals surface area (Å²) in [5.41, 5.74) is 3.13. The topological polar surface area (TPSA) is 37.8 Å². The molecule has 1 aliphatic heterocycles. The first-order chi connectivity index (χ1) is 7.17. The quantitative estimate of drug-likeness (QED) is 0.747. The molecule has 1 fully saturated rings. The predicted molar refractivity (Wildman–Crippen MR) is 58.6 cm³/mol. The van der Waals surface area contributed by atoms with Gasteiger partial charge in [-0.2, -0.15) is 10.2 Å². The summed E-state index contributed by atoms with van der Waals surface area (Å²) in [6.07, 6.45) is 5.03. The first kappa shape index (κ1) is 9.28. The molecule has 3 atom stereocenters. The standard InChI is InChI=1S/C12H17N3/c1-7(2)12-8(3)15-11(12)4-9-5-13-14-6-10(9)12/h5-8,11,15H,4H2,1-3H3. The Labute approximate surface area is 90.3 Å². The summed E-state index contributed by atoms with van der Waals surface area (Å²) in [5, 5.41) is 11.7. The average Bonchev–Trinajstić information content (AvgIpc) is 2.45. The lowest BCUT2D eigenvalue weighted by Gasteiger charge is -2.55. The smallest absolute Gasteiger partial charge is 0.0537 e. The molecule has 3 rings (SSSR count). The van der Waals surface area contributed by atoms with Gasteiger partial charge in [0.15, 0.2) is 0 Å². The van der Waals surface area contributed by atoms with Gasteiger partial charge in [-0.3, -0.25) is 0 Å². The fourth-order valence-electron chi connectivity index (χ4n) is 3.76. The molecule has 3 nitrogen and oxygen atoms in total. The van der Waals surface area contributed by atoms with Crippen molar-refractivity contribution in [1.82, 2.24) is 15.5 Å². The van der Waals surface area contributed by atoms with Crippen LogP contribution in [0.25, 0.3) is 0 Å². The van der Waals surface area contributed by atoms with Gasteiger partial charge in [-0.05, 0) is 30.4 Å². The maximum Gasteiger partial charge on any atom is 0.0537 e. The molecule has 1 aromatic rings. The molecule has 1 aromatic heterocycles. The van der Waals surface area contributed by atoms with Crippen molar-refractivity contribution in [3.63, 3.8) is 0 Å². The zero-order chi connectivity index (χ0) is 10.6. The minimum atomic E-state index is 0.311. The van der Waals surface area contributed by atoms with Crippen LogP contribution in [0.3, 0.4) is 0 Å². The van der Waals surface area contributed by atoms with Crippen molar-refractivity contribution >= 4 is 0 Å². The maximum atomic E-state index is 4.06. The first-order valence-corrected chi connectivity index (χ1v) is 5.73. The molecule has 0 amide bonds. The van der Waals surface area contributed by atoms with E-state index in [1.165, 1.54) is 11.1 Å². The molecule has 2 aliphatic rings. The van der Waals surface area contributed by atoms with E-state index in [2.05, 4.69) is 36.3 Å². The fourth-order valence-corrected chi connectivity index (χ4v) is 3.76. The molecule has 1 saturated heterocycles.